The van der Waals surface area contributed by atoms with Gasteiger partial charge in [-0.1, -0.05) is 31.0 Å². The normalized spacial score (nSPS) is 21.5. The number of benzene rings is 2. The van der Waals surface area contributed by atoms with Gasteiger partial charge in [0, 0.05) is 11.7 Å². The largest absolute Gasteiger partial charge is 0.457 e. The van der Waals surface area contributed by atoms with Crippen molar-refractivity contribution in [2.75, 3.05) is 5.32 Å². The molecule has 0 radical (unpaired) electrons. The second-order valence-corrected chi connectivity index (χ2v) is 7.37. The first-order valence-corrected chi connectivity index (χ1v) is 9.63. The second-order valence-electron chi connectivity index (χ2n) is 7.37. The van der Waals surface area contributed by atoms with Crippen LogP contribution in [0.15, 0.2) is 54.6 Å². The molecule has 4 rings (SSSR count). The Morgan fingerprint density at radius 2 is 1.44 bits per heavy atom. The van der Waals surface area contributed by atoms with Crippen molar-refractivity contribution in [2.24, 2.45) is 11.8 Å². The molecule has 140 valence electrons. The lowest BCUT2D eigenvalue weighted by atomic mass is 10.2. The topological polar surface area (TPSA) is 67.4 Å². The van der Waals surface area contributed by atoms with Gasteiger partial charge in [0.15, 0.2) is 0 Å². The van der Waals surface area contributed by atoms with E-state index < -0.39 is 0 Å². The Morgan fingerprint density at radius 1 is 0.815 bits per heavy atom. The van der Waals surface area contributed by atoms with Crippen LogP contribution in [0.3, 0.4) is 0 Å². The Balaban J connectivity index is 1.26. The Bertz CT molecular complexity index is 798. The predicted molar refractivity (Wildman–Crippen MR) is 104 cm³/mol. The minimum absolute atomic E-state index is 0.0358. The molecule has 5 nitrogen and oxygen atoms in total. The molecule has 0 bridgehead atoms. The van der Waals surface area contributed by atoms with E-state index in [1.165, 1.54) is 12.8 Å². The van der Waals surface area contributed by atoms with Crippen LogP contribution in [0.25, 0.3) is 0 Å². The lowest BCUT2D eigenvalue weighted by Gasteiger charge is -2.11. The number of hydrogen-bond donors (Lipinski definition) is 2. The number of carbonyl (C=O) groups excluding carboxylic acids is 2. The van der Waals surface area contributed by atoms with Crippen LogP contribution in [0.2, 0.25) is 0 Å². The predicted octanol–water partition coefficient (Wildman–Crippen LogP) is 4.11. The van der Waals surface area contributed by atoms with E-state index in [9.17, 15) is 9.59 Å². The molecule has 0 heterocycles. The van der Waals surface area contributed by atoms with Gasteiger partial charge in [0.1, 0.15) is 11.5 Å². The lowest BCUT2D eigenvalue weighted by Crippen LogP contribution is -2.34. The second kappa shape index (κ2) is 7.82. The quantitative estimate of drug-likeness (QED) is 0.810. The van der Waals surface area contributed by atoms with Crippen LogP contribution < -0.4 is 15.4 Å². The zero-order valence-electron chi connectivity index (χ0n) is 15.2. The van der Waals surface area contributed by atoms with E-state index in [4.69, 9.17) is 4.74 Å². The summed E-state index contributed by atoms with van der Waals surface area (Å²) in [5.41, 5.74) is 0.710. The van der Waals surface area contributed by atoms with Crippen molar-refractivity contribution in [3.05, 3.63) is 54.6 Å². The van der Waals surface area contributed by atoms with Crippen molar-refractivity contribution in [3.63, 3.8) is 0 Å². The maximum absolute atomic E-state index is 12.4. The molecule has 2 saturated carbocycles. The SMILES string of the molecule is O=C(Nc1ccc(Oc2ccccc2)cc1)C1CC1C(=O)NC1CCCC1. The molecule has 0 aromatic heterocycles. The summed E-state index contributed by atoms with van der Waals surface area (Å²) in [6.45, 7) is 0. The summed E-state index contributed by atoms with van der Waals surface area (Å²) in [5.74, 6) is 1.03. The van der Waals surface area contributed by atoms with Crippen molar-refractivity contribution in [3.8, 4) is 11.5 Å². The fraction of sp³-hybridized carbons (Fsp3) is 0.364. The highest BCUT2D eigenvalue weighted by Crippen LogP contribution is 2.40. The molecule has 0 saturated heterocycles. The molecule has 2 atom stereocenters. The minimum Gasteiger partial charge on any atom is -0.457 e. The average molecular weight is 364 g/mol. The van der Waals surface area contributed by atoms with E-state index in [0.717, 1.165) is 18.6 Å². The van der Waals surface area contributed by atoms with E-state index in [1.807, 2.05) is 54.6 Å². The monoisotopic (exact) mass is 364 g/mol. The van der Waals surface area contributed by atoms with Crippen molar-refractivity contribution in [2.45, 2.75) is 38.1 Å². The maximum Gasteiger partial charge on any atom is 0.228 e. The van der Waals surface area contributed by atoms with Gasteiger partial charge in [0.05, 0.1) is 11.8 Å². The highest BCUT2D eigenvalue weighted by atomic mass is 16.5. The van der Waals surface area contributed by atoms with E-state index >= 15 is 0 Å². The van der Waals surface area contributed by atoms with Gasteiger partial charge in [-0.3, -0.25) is 9.59 Å². The Kier molecular flexibility index (Phi) is 5.10. The van der Waals surface area contributed by atoms with Crippen molar-refractivity contribution in [1.82, 2.24) is 5.32 Å². The van der Waals surface area contributed by atoms with E-state index in [-0.39, 0.29) is 23.7 Å². The lowest BCUT2D eigenvalue weighted by molar-refractivity contribution is -0.125. The molecule has 2 aliphatic carbocycles. The van der Waals surface area contributed by atoms with Crippen molar-refractivity contribution < 1.29 is 14.3 Å². The first-order valence-electron chi connectivity index (χ1n) is 9.63. The summed E-state index contributed by atoms with van der Waals surface area (Å²) in [4.78, 5) is 24.6. The number of rotatable bonds is 6. The van der Waals surface area contributed by atoms with Gasteiger partial charge in [-0.05, 0) is 55.7 Å². The molecule has 2 N–H and O–H groups in total. The Hall–Kier alpha value is -2.82. The molecule has 2 aliphatic rings. The molecular weight excluding hydrogens is 340 g/mol. The van der Waals surface area contributed by atoms with Crippen molar-refractivity contribution in [1.29, 1.82) is 0 Å². The van der Waals surface area contributed by atoms with Gasteiger partial charge in [0.2, 0.25) is 11.8 Å². The maximum atomic E-state index is 12.4. The van der Waals surface area contributed by atoms with E-state index in [2.05, 4.69) is 10.6 Å². The number of hydrogen-bond acceptors (Lipinski definition) is 3. The van der Waals surface area contributed by atoms with Crippen LogP contribution in [0, 0.1) is 11.8 Å². The van der Waals surface area contributed by atoms with Crippen LogP contribution in [-0.2, 0) is 9.59 Å². The molecule has 5 heteroatoms. The van der Waals surface area contributed by atoms with Gasteiger partial charge in [-0.15, -0.1) is 0 Å². The van der Waals surface area contributed by atoms with Gasteiger partial charge < -0.3 is 15.4 Å². The highest BCUT2D eigenvalue weighted by Gasteiger charge is 2.48. The average Bonchev–Trinajstić information content (AvgIpc) is 3.34. The van der Waals surface area contributed by atoms with Gasteiger partial charge in [-0.25, -0.2) is 0 Å². The Labute approximate surface area is 159 Å². The van der Waals surface area contributed by atoms with E-state index in [1.54, 1.807) is 0 Å². The molecule has 27 heavy (non-hydrogen) atoms. The molecular formula is C22H24N2O3. The molecule has 2 unspecified atom stereocenters. The number of para-hydroxylation sites is 1. The molecule has 2 aromatic rings. The van der Waals surface area contributed by atoms with Crippen LogP contribution in [0.1, 0.15) is 32.1 Å². The molecule has 2 fully saturated rings. The third-order valence-electron chi connectivity index (χ3n) is 5.27. The van der Waals surface area contributed by atoms with Gasteiger partial charge >= 0.3 is 0 Å². The summed E-state index contributed by atoms with van der Waals surface area (Å²) in [5, 5.41) is 5.98. The first kappa shape index (κ1) is 17.6. The third kappa shape index (κ3) is 4.48. The van der Waals surface area contributed by atoms with Gasteiger partial charge in [0.25, 0.3) is 0 Å². The Morgan fingerprint density at radius 3 is 2.15 bits per heavy atom. The standard InChI is InChI=1S/C22H24N2O3/c25-21(23-15-6-4-5-7-15)19-14-20(19)22(26)24-16-10-12-18(13-11-16)27-17-8-2-1-3-9-17/h1-3,8-13,15,19-20H,4-7,14H2,(H,23,25)(H,24,26). The summed E-state index contributed by atoms with van der Waals surface area (Å²) in [6.07, 6.45) is 5.13. The van der Waals surface area contributed by atoms with Crippen LogP contribution >= 0.6 is 0 Å². The summed E-state index contributed by atoms with van der Waals surface area (Å²) in [6, 6.07) is 17.1. The van der Waals surface area contributed by atoms with Crippen LogP contribution in [-0.4, -0.2) is 17.9 Å². The summed E-state index contributed by atoms with van der Waals surface area (Å²) >= 11 is 0. The van der Waals surface area contributed by atoms with E-state index in [0.29, 0.717) is 23.9 Å². The number of amides is 2. The first-order chi connectivity index (χ1) is 13.2. The molecule has 2 amide bonds. The summed E-state index contributed by atoms with van der Waals surface area (Å²) < 4.78 is 5.74. The summed E-state index contributed by atoms with van der Waals surface area (Å²) in [7, 11) is 0. The number of carbonyl (C=O) groups is 2. The molecule has 2 aromatic carbocycles. The smallest absolute Gasteiger partial charge is 0.228 e. The highest BCUT2D eigenvalue weighted by molar-refractivity contribution is 5.99. The third-order valence-corrected chi connectivity index (χ3v) is 5.27. The number of anilines is 1. The fourth-order valence-electron chi connectivity index (χ4n) is 3.62. The van der Waals surface area contributed by atoms with Crippen LogP contribution in [0.5, 0.6) is 11.5 Å². The molecule has 0 aliphatic heterocycles. The molecule has 0 spiro atoms. The number of ether oxygens (including phenoxy) is 1. The van der Waals surface area contributed by atoms with Crippen LogP contribution in [0.4, 0.5) is 5.69 Å². The minimum atomic E-state index is -0.216. The zero-order valence-corrected chi connectivity index (χ0v) is 15.2. The fourth-order valence-corrected chi connectivity index (χ4v) is 3.62. The zero-order chi connectivity index (χ0) is 18.6. The number of nitrogens with one attached hydrogen (secondary N) is 2. The van der Waals surface area contributed by atoms with Crippen molar-refractivity contribution >= 4 is 17.5 Å². The van der Waals surface area contributed by atoms with Gasteiger partial charge in [-0.2, -0.15) is 0 Å².